The van der Waals surface area contributed by atoms with Gasteiger partial charge >= 0.3 is 5.97 Å². The maximum atomic E-state index is 11.0. The van der Waals surface area contributed by atoms with Gasteiger partial charge in [-0.25, -0.2) is 4.79 Å². The van der Waals surface area contributed by atoms with Gasteiger partial charge in [-0.05, 0) is 68.5 Å². The number of carbonyl (C=O) groups is 1. The largest absolute Gasteiger partial charge is 0.478 e. The van der Waals surface area contributed by atoms with E-state index in [1.165, 1.54) is 36.0 Å². The van der Waals surface area contributed by atoms with Crippen LogP contribution in [0.2, 0.25) is 0 Å². The highest BCUT2D eigenvalue weighted by Crippen LogP contribution is 2.38. The Balaban J connectivity index is 1.21. The maximum absolute atomic E-state index is 11.0. The zero-order valence-corrected chi connectivity index (χ0v) is 17.1. The van der Waals surface area contributed by atoms with Crippen molar-refractivity contribution in [3.05, 3.63) is 76.9 Å². The summed E-state index contributed by atoms with van der Waals surface area (Å²) in [6.45, 7) is 5.35. The molecule has 2 aromatic rings. The standard InChI is InChI=1S/C25H30N2O2/c1-18(15-19-5-3-2-4-6-19)23-16-24(23)26-22-11-13-27(14-12-22)17-20-7-9-21(10-8-20)25(28)29/h2-10,15,22-24,26H,11-14,16-17H2,1H3,(H,28,29)/b18-15+/t23-,24+/m0/s1. The van der Waals surface area contributed by atoms with Crippen molar-refractivity contribution in [1.29, 1.82) is 0 Å². The molecule has 1 aliphatic carbocycles. The van der Waals surface area contributed by atoms with E-state index < -0.39 is 5.97 Å². The summed E-state index contributed by atoms with van der Waals surface area (Å²) < 4.78 is 0. The quantitative estimate of drug-likeness (QED) is 0.734. The van der Waals surface area contributed by atoms with E-state index in [1.54, 1.807) is 12.1 Å². The van der Waals surface area contributed by atoms with Gasteiger partial charge in [-0.15, -0.1) is 0 Å². The maximum Gasteiger partial charge on any atom is 0.335 e. The number of carboxylic acids is 1. The van der Waals surface area contributed by atoms with Gasteiger partial charge in [0.05, 0.1) is 5.56 Å². The van der Waals surface area contributed by atoms with Gasteiger partial charge in [-0.1, -0.05) is 54.1 Å². The number of hydrogen-bond acceptors (Lipinski definition) is 3. The average molecular weight is 391 g/mol. The summed E-state index contributed by atoms with van der Waals surface area (Å²) in [6, 6.07) is 19.1. The number of piperidine rings is 1. The first-order chi connectivity index (χ1) is 14.1. The predicted molar refractivity (Wildman–Crippen MR) is 117 cm³/mol. The van der Waals surface area contributed by atoms with Crippen molar-refractivity contribution in [3.8, 4) is 0 Å². The Morgan fingerprint density at radius 3 is 2.45 bits per heavy atom. The van der Waals surface area contributed by atoms with Crippen molar-refractivity contribution in [2.45, 2.75) is 44.8 Å². The topological polar surface area (TPSA) is 52.6 Å². The molecule has 1 saturated heterocycles. The molecule has 0 spiro atoms. The first-order valence-electron chi connectivity index (χ1n) is 10.6. The van der Waals surface area contributed by atoms with Crippen LogP contribution in [0, 0.1) is 5.92 Å². The van der Waals surface area contributed by atoms with E-state index in [4.69, 9.17) is 5.11 Å². The SMILES string of the molecule is C/C(=C\c1ccccc1)[C@@H]1C[C@H]1NC1CCN(Cc2ccc(C(=O)O)cc2)CC1. The molecule has 4 nitrogen and oxygen atoms in total. The second kappa shape index (κ2) is 8.93. The minimum Gasteiger partial charge on any atom is -0.478 e. The van der Waals surface area contributed by atoms with E-state index in [0.29, 0.717) is 23.6 Å². The lowest BCUT2D eigenvalue weighted by Gasteiger charge is -2.32. The molecule has 152 valence electrons. The normalized spacial score (nSPS) is 23.1. The third kappa shape index (κ3) is 5.34. The Hall–Kier alpha value is -2.43. The van der Waals surface area contributed by atoms with E-state index in [1.807, 2.05) is 12.1 Å². The molecule has 4 rings (SSSR count). The van der Waals surface area contributed by atoms with Gasteiger partial charge in [0.15, 0.2) is 0 Å². The molecular weight excluding hydrogens is 360 g/mol. The molecule has 2 fully saturated rings. The highest BCUT2D eigenvalue weighted by molar-refractivity contribution is 5.87. The van der Waals surface area contributed by atoms with Crippen molar-refractivity contribution < 1.29 is 9.90 Å². The van der Waals surface area contributed by atoms with Crippen LogP contribution in [-0.4, -0.2) is 41.1 Å². The number of nitrogens with zero attached hydrogens (tertiary/aromatic N) is 1. The van der Waals surface area contributed by atoms with Gasteiger partial charge in [0.1, 0.15) is 0 Å². The first-order valence-corrected chi connectivity index (χ1v) is 10.6. The molecule has 1 heterocycles. The third-order valence-corrected chi connectivity index (χ3v) is 6.21. The average Bonchev–Trinajstić information content (AvgIpc) is 3.50. The minimum atomic E-state index is -0.865. The van der Waals surface area contributed by atoms with Crippen molar-refractivity contribution in [2.75, 3.05) is 13.1 Å². The van der Waals surface area contributed by atoms with Crippen LogP contribution in [0.3, 0.4) is 0 Å². The monoisotopic (exact) mass is 390 g/mol. The first kappa shape index (κ1) is 19.9. The summed E-state index contributed by atoms with van der Waals surface area (Å²) in [4.78, 5) is 13.4. The fraction of sp³-hybridized carbons (Fsp3) is 0.400. The Kier molecular flexibility index (Phi) is 6.12. The molecule has 4 heteroatoms. The molecule has 0 aromatic heterocycles. The lowest BCUT2D eigenvalue weighted by atomic mass is 10.0. The molecular formula is C25H30N2O2. The van der Waals surface area contributed by atoms with Gasteiger partial charge in [0, 0.05) is 18.6 Å². The van der Waals surface area contributed by atoms with Crippen molar-refractivity contribution in [3.63, 3.8) is 0 Å². The van der Waals surface area contributed by atoms with Crippen LogP contribution < -0.4 is 5.32 Å². The van der Waals surface area contributed by atoms with Crippen molar-refractivity contribution in [1.82, 2.24) is 10.2 Å². The highest BCUT2D eigenvalue weighted by atomic mass is 16.4. The lowest BCUT2D eigenvalue weighted by molar-refractivity contribution is 0.0697. The molecule has 29 heavy (non-hydrogen) atoms. The molecule has 2 N–H and O–H groups in total. The minimum absolute atomic E-state index is 0.354. The smallest absolute Gasteiger partial charge is 0.335 e. The molecule has 0 bridgehead atoms. The summed E-state index contributed by atoms with van der Waals surface area (Å²) in [5.41, 5.74) is 4.31. The van der Waals surface area contributed by atoms with Crippen LogP contribution in [0.5, 0.6) is 0 Å². The van der Waals surface area contributed by atoms with Crippen LogP contribution >= 0.6 is 0 Å². The highest BCUT2D eigenvalue weighted by Gasteiger charge is 2.39. The zero-order valence-electron chi connectivity index (χ0n) is 17.1. The molecule has 1 aliphatic heterocycles. The van der Waals surface area contributed by atoms with E-state index in [0.717, 1.165) is 19.6 Å². The summed E-state index contributed by atoms with van der Waals surface area (Å²) in [5.74, 6) is -0.184. The Morgan fingerprint density at radius 2 is 1.79 bits per heavy atom. The van der Waals surface area contributed by atoms with Crippen LogP contribution in [0.15, 0.2) is 60.2 Å². The molecule has 2 aliphatic rings. The zero-order chi connectivity index (χ0) is 20.2. The number of aromatic carboxylic acids is 1. The number of likely N-dealkylation sites (tertiary alicyclic amines) is 1. The van der Waals surface area contributed by atoms with E-state index in [-0.39, 0.29) is 0 Å². The van der Waals surface area contributed by atoms with Crippen LogP contribution in [0.25, 0.3) is 6.08 Å². The van der Waals surface area contributed by atoms with Gasteiger partial charge in [-0.3, -0.25) is 4.90 Å². The van der Waals surface area contributed by atoms with Gasteiger partial charge in [-0.2, -0.15) is 0 Å². The molecule has 0 amide bonds. The third-order valence-electron chi connectivity index (χ3n) is 6.21. The number of nitrogens with one attached hydrogen (secondary N) is 1. The number of hydrogen-bond donors (Lipinski definition) is 2. The van der Waals surface area contributed by atoms with Crippen molar-refractivity contribution in [2.24, 2.45) is 5.92 Å². The Bertz CT molecular complexity index is 852. The second-order valence-corrected chi connectivity index (χ2v) is 8.47. The van der Waals surface area contributed by atoms with Crippen LogP contribution in [0.4, 0.5) is 0 Å². The van der Waals surface area contributed by atoms with Gasteiger partial charge in [0.2, 0.25) is 0 Å². The lowest BCUT2D eigenvalue weighted by Crippen LogP contribution is -2.43. The van der Waals surface area contributed by atoms with Gasteiger partial charge in [0.25, 0.3) is 0 Å². The fourth-order valence-electron chi connectivity index (χ4n) is 4.37. The number of carboxylic acid groups (broad SMARTS) is 1. The predicted octanol–water partition coefficient (Wildman–Crippen LogP) is 4.43. The Labute approximate surface area is 173 Å². The van der Waals surface area contributed by atoms with E-state index in [9.17, 15) is 4.79 Å². The summed E-state index contributed by atoms with van der Waals surface area (Å²) in [5, 5.41) is 12.9. The molecule has 2 atom stereocenters. The summed E-state index contributed by atoms with van der Waals surface area (Å²) >= 11 is 0. The van der Waals surface area contributed by atoms with Crippen LogP contribution in [0.1, 0.15) is 47.7 Å². The fourth-order valence-corrected chi connectivity index (χ4v) is 4.37. The number of rotatable bonds is 7. The summed E-state index contributed by atoms with van der Waals surface area (Å²) in [7, 11) is 0. The second-order valence-electron chi connectivity index (χ2n) is 8.47. The van der Waals surface area contributed by atoms with Crippen molar-refractivity contribution >= 4 is 12.0 Å². The van der Waals surface area contributed by atoms with E-state index in [2.05, 4.69) is 53.5 Å². The van der Waals surface area contributed by atoms with E-state index >= 15 is 0 Å². The summed E-state index contributed by atoms with van der Waals surface area (Å²) in [6.07, 6.45) is 5.94. The molecule has 2 aromatic carbocycles. The number of benzene rings is 2. The van der Waals surface area contributed by atoms with Gasteiger partial charge < -0.3 is 10.4 Å². The van der Waals surface area contributed by atoms with Crippen LogP contribution in [-0.2, 0) is 6.54 Å². The molecule has 0 radical (unpaired) electrons. The molecule has 1 saturated carbocycles. The molecule has 0 unspecified atom stereocenters. The Morgan fingerprint density at radius 1 is 1.10 bits per heavy atom.